The smallest absolute Gasteiger partial charge is 0.129 e. The maximum Gasteiger partial charge on any atom is 0.129 e. The zero-order valence-corrected chi connectivity index (χ0v) is 11.8. The Bertz CT molecular complexity index is 285. The lowest BCUT2D eigenvalue weighted by Gasteiger charge is -2.33. The van der Waals surface area contributed by atoms with Crippen LogP contribution in [0.2, 0.25) is 19.6 Å². The molecule has 3 heteroatoms. The lowest BCUT2D eigenvalue weighted by Crippen LogP contribution is -2.40. The topological polar surface area (TPSA) is 20.3 Å². The highest BCUT2D eigenvalue weighted by Gasteiger charge is 2.20. The molecule has 0 unspecified atom stereocenters. The summed E-state index contributed by atoms with van der Waals surface area (Å²) >= 11 is 0. The van der Waals surface area contributed by atoms with Crippen molar-refractivity contribution < 1.29 is 4.79 Å². The second kappa shape index (κ2) is 6.22. The van der Waals surface area contributed by atoms with E-state index in [0.717, 1.165) is 25.8 Å². The van der Waals surface area contributed by atoms with E-state index >= 15 is 0 Å². The zero-order chi connectivity index (χ0) is 12.0. The fraction of sp³-hybridized carbons (Fsp3) is 0.769. The Kier molecular flexibility index (Phi) is 5.24. The Morgan fingerprint density at radius 2 is 2.12 bits per heavy atom. The highest BCUT2D eigenvalue weighted by Crippen LogP contribution is 2.18. The summed E-state index contributed by atoms with van der Waals surface area (Å²) < 4.78 is 0. The molecule has 16 heavy (non-hydrogen) atoms. The van der Waals surface area contributed by atoms with Crippen LogP contribution in [0.25, 0.3) is 0 Å². The molecule has 0 aliphatic carbocycles. The minimum Gasteiger partial charge on any atom is -0.303 e. The predicted molar refractivity (Wildman–Crippen MR) is 71.0 cm³/mol. The van der Waals surface area contributed by atoms with Crippen molar-refractivity contribution in [3.8, 4) is 11.5 Å². The van der Waals surface area contributed by atoms with Gasteiger partial charge >= 0.3 is 0 Å². The van der Waals surface area contributed by atoms with Gasteiger partial charge in [0.05, 0.1) is 6.54 Å². The van der Waals surface area contributed by atoms with Crippen LogP contribution in [0.5, 0.6) is 0 Å². The van der Waals surface area contributed by atoms with Crippen molar-refractivity contribution in [1.82, 2.24) is 4.90 Å². The third-order valence-corrected chi connectivity index (χ3v) is 3.79. The van der Waals surface area contributed by atoms with Gasteiger partial charge in [-0.15, -0.1) is 5.54 Å². The van der Waals surface area contributed by atoms with E-state index in [1.165, 1.54) is 12.8 Å². The van der Waals surface area contributed by atoms with E-state index in [2.05, 4.69) is 36.0 Å². The van der Waals surface area contributed by atoms with Crippen LogP contribution in [0.15, 0.2) is 0 Å². The van der Waals surface area contributed by atoms with E-state index in [0.29, 0.717) is 12.5 Å². The molecule has 0 N–H and O–H groups in total. The number of rotatable bonds is 3. The Hall–Kier alpha value is -0.593. The van der Waals surface area contributed by atoms with Gasteiger partial charge in [-0.1, -0.05) is 32.0 Å². The van der Waals surface area contributed by atoms with Gasteiger partial charge < -0.3 is 4.79 Å². The average Bonchev–Trinajstić information content (AvgIpc) is 2.19. The van der Waals surface area contributed by atoms with E-state index in [1.54, 1.807) is 0 Å². The van der Waals surface area contributed by atoms with Crippen LogP contribution in [0.1, 0.15) is 25.7 Å². The van der Waals surface area contributed by atoms with Crippen LogP contribution in [0.3, 0.4) is 0 Å². The van der Waals surface area contributed by atoms with Gasteiger partial charge in [-0.3, -0.25) is 4.90 Å². The normalized spacial score (nSPS) is 22.3. The number of likely N-dealkylation sites (tertiary alicyclic amines) is 1. The highest BCUT2D eigenvalue weighted by molar-refractivity contribution is 6.83. The van der Waals surface area contributed by atoms with Crippen LogP contribution in [-0.4, -0.2) is 38.4 Å². The first kappa shape index (κ1) is 13.5. The second-order valence-electron chi connectivity index (χ2n) is 5.57. The van der Waals surface area contributed by atoms with Gasteiger partial charge in [0.25, 0.3) is 0 Å². The molecule has 2 nitrogen and oxygen atoms in total. The van der Waals surface area contributed by atoms with Gasteiger partial charge in [0.15, 0.2) is 0 Å². The quantitative estimate of drug-likeness (QED) is 0.426. The standard InChI is InChI=1S/C13H23NOSi/c1-16(2,3)12-6-10-14-9-5-4-7-13(14)8-11-15/h11,13H,4-5,7-10H2,1-3H3/t13-/m0/s1. The van der Waals surface area contributed by atoms with Gasteiger partial charge in [-0.2, -0.15) is 0 Å². The number of hydrogen-bond donors (Lipinski definition) is 0. The van der Waals surface area contributed by atoms with Crippen molar-refractivity contribution in [1.29, 1.82) is 0 Å². The van der Waals surface area contributed by atoms with Crippen LogP contribution >= 0.6 is 0 Å². The van der Waals surface area contributed by atoms with Gasteiger partial charge in [0, 0.05) is 12.5 Å². The molecule has 1 fully saturated rings. The molecular weight excluding hydrogens is 214 g/mol. The predicted octanol–water partition coefficient (Wildman–Crippen LogP) is 2.31. The summed E-state index contributed by atoms with van der Waals surface area (Å²) in [5.41, 5.74) is 3.39. The second-order valence-corrected chi connectivity index (χ2v) is 10.3. The van der Waals surface area contributed by atoms with Gasteiger partial charge in [0.2, 0.25) is 0 Å². The van der Waals surface area contributed by atoms with Crippen molar-refractivity contribution in [3.05, 3.63) is 0 Å². The highest BCUT2D eigenvalue weighted by atomic mass is 28.3. The lowest BCUT2D eigenvalue weighted by atomic mass is 10.00. The Balaban J connectivity index is 2.48. The molecule has 1 saturated heterocycles. The van der Waals surface area contributed by atoms with E-state index < -0.39 is 8.07 Å². The van der Waals surface area contributed by atoms with E-state index in [4.69, 9.17) is 0 Å². The molecule has 1 rings (SSSR count). The lowest BCUT2D eigenvalue weighted by molar-refractivity contribution is -0.109. The first-order chi connectivity index (χ1) is 7.53. The molecule has 0 aromatic rings. The van der Waals surface area contributed by atoms with Crippen molar-refractivity contribution >= 4 is 14.4 Å². The van der Waals surface area contributed by atoms with E-state index in [1.807, 2.05) is 0 Å². The summed E-state index contributed by atoms with van der Waals surface area (Å²) in [6.07, 6.45) is 5.40. The summed E-state index contributed by atoms with van der Waals surface area (Å²) in [7, 11) is -1.24. The molecule has 1 aliphatic rings. The summed E-state index contributed by atoms with van der Waals surface area (Å²) in [4.78, 5) is 13.0. The Morgan fingerprint density at radius 1 is 1.38 bits per heavy atom. The molecule has 0 radical (unpaired) electrons. The first-order valence-electron chi connectivity index (χ1n) is 6.20. The molecule has 0 aromatic heterocycles. The van der Waals surface area contributed by atoms with Gasteiger partial charge in [0.1, 0.15) is 14.4 Å². The van der Waals surface area contributed by atoms with Crippen LogP contribution in [-0.2, 0) is 4.79 Å². The minimum absolute atomic E-state index is 0.446. The van der Waals surface area contributed by atoms with Crippen LogP contribution in [0, 0.1) is 11.5 Å². The Labute approximate surface area is 100 Å². The molecule has 0 aromatic carbocycles. The van der Waals surface area contributed by atoms with Gasteiger partial charge in [-0.05, 0) is 19.4 Å². The molecule has 90 valence electrons. The molecular formula is C13H23NOSi. The van der Waals surface area contributed by atoms with E-state index in [-0.39, 0.29) is 0 Å². The summed E-state index contributed by atoms with van der Waals surface area (Å²) in [6, 6.07) is 0.446. The third-order valence-electron chi connectivity index (χ3n) is 2.86. The largest absolute Gasteiger partial charge is 0.303 e. The molecule has 0 bridgehead atoms. The van der Waals surface area contributed by atoms with Crippen molar-refractivity contribution in [2.24, 2.45) is 0 Å². The van der Waals surface area contributed by atoms with Crippen molar-refractivity contribution in [3.63, 3.8) is 0 Å². The molecule has 1 aliphatic heterocycles. The number of carbonyl (C=O) groups is 1. The molecule has 0 saturated carbocycles. The van der Waals surface area contributed by atoms with Crippen LogP contribution in [0.4, 0.5) is 0 Å². The molecule has 1 heterocycles. The number of piperidine rings is 1. The Morgan fingerprint density at radius 3 is 2.75 bits per heavy atom. The third kappa shape index (κ3) is 4.96. The fourth-order valence-corrected chi connectivity index (χ4v) is 2.66. The van der Waals surface area contributed by atoms with Crippen molar-refractivity contribution in [2.45, 2.75) is 51.4 Å². The molecule has 1 atom stereocenters. The zero-order valence-electron chi connectivity index (χ0n) is 10.8. The number of hydrogen-bond acceptors (Lipinski definition) is 2. The maximum absolute atomic E-state index is 10.6. The summed E-state index contributed by atoms with van der Waals surface area (Å²) in [5.74, 6) is 3.31. The average molecular weight is 237 g/mol. The summed E-state index contributed by atoms with van der Waals surface area (Å²) in [6.45, 7) is 8.75. The molecule has 0 spiro atoms. The first-order valence-corrected chi connectivity index (χ1v) is 9.70. The maximum atomic E-state index is 10.6. The number of aldehydes is 1. The van der Waals surface area contributed by atoms with Gasteiger partial charge in [-0.25, -0.2) is 0 Å². The van der Waals surface area contributed by atoms with Crippen molar-refractivity contribution in [2.75, 3.05) is 13.1 Å². The van der Waals surface area contributed by atoms with E-state index in [9.17, 15) is 4.79 Å². The number of carbonyl (C=O) groups excluding carboxylic acids is 1. The fourth-order valence-electron chi connectivity index (χ4n) is 2.05. The number of nitrogens with zero attached hydrogens (tertiary/aromatic N) is 1. The van der Waals surface area contributed by atoms with Crippen LogP contribution < -0.4 is 0 Å². The molecule has 0 amide bonds. The summed E-state index contributed by atoms with van der Waals surface area (Å²) in [5, 5.41) is 0. The minimum atomic E-state index is -1.24. The SMILES string of the molecule is C[Si](C)(C)C#CCN1CCCC[C@H]1CC=O. The monoisotopic (exact) mass is 237 g/mol.